The number of ether oxygens (including phenoxy) is 2. The minimum absolute atomic E-state index is 0.250. The molecule has 0 saturated carbocycles. The molecule has 0 aliphatic carbocycles. The molecular weight excluding hydrogens is 497 g/mol. The van der Waals surface area contributed by atoms with Crippen LogP contribution in [-0.4, -0.2) is 47.4 Å². The summed E-state index contributed by atoms with van der Waals surface area (Å²) in [4.78, 5) is 30.9. The Balaban J connectivity index is 1.25. The van der Waals surface area contributed by atoms with E-state index in [9.17, 15) is 22.8 Å². The Morgan fingerprint density at radius 2 is 1.83 bits per heavy atom. The Morgan fingerprint density at radius 1 is 1.08 bits per heavy atom. The standard InChI is InChI=1S/C24H23F3N4O4S/c25-24(26,27)35-20-6-2-5-19(14-20)34-18-7-10-31(11-8-18)23(33)30-17-4-1-3-16(13-17)22(32)29-15-21-28-9-12-36-21/h1-6,9,12-14,18H,7-8,10-11,15H2,(H,29,32)(H,30,33). The van der Waals surface area contributed by atoms with Crippen molar-refractivity contribution in [2.24, 2.45) is 0 Å². The molecular formula is C24H23F3N4O4S. The van der Waals surface area contributed by atoms with Crippen molar-refractivity contribution in [2.75, 3.05) is 18.4 Å². The third-order valence-corrected chi connectivity index (χ3v) is 6.11. The first-order chi connectivity index (χ1) is 17.2. The molecule has 3 aromatic rings. The Labute approximate surface area is 209 Å². The van der Waals surface area contributed by atoms with Crippen LogP contribution in [-0.2, 0) is 6.54 Å². The number of aromatic nitrogens is 1. The van der Waals surface area contributed by atoms with E-state index in [0.29, 0.717) is 43.7 Å². The lowest BCUT2D eigenvalue weighted by atomic mass is 10.1. The van der Waals surface area contributed by atoms with E-state index in [4.69, 9.17) is 4.74 Å². The summed E-state index contributed by atoms with van der Waals surface area (Å²) in [5, 5.41) is 8.22. The highest BCUT2D eigenvalue weighted by molar-refractivity contribution is 7.09. The van der Waals surface area contributed by atoms with Crippen LogP contribution >= 0.6 is 11.3 Å². The molecule has 190 valence electrons. The minimum atomic E-state index is -4.78. The maximum absolute atomic E-state index is 12.7. The van der Waals surface area contributed by atoms with Gasteiger partial charge in [0.15, 0.2) is 0 Å². The van der Waals surface area contributed by atoms with Gasteiger partial charge in [-0.1, -0.05) is 12.1 Å². The zero-order chi connectivity index (χ0) is 25.5. The first-order valence-electron chi connectivity index (χ1n) is 11.1. The van der Waals surface area contributed by atoms with Crippen molar-refractivity contribution in [1.82, 2.24) is 15.2 Å². The summed E-state index contributed by atoms with van der Waals surface area (Å²) in [6.45, 7) is 1.14. The molecule has 3 amide bonds. The monoisotopic (exact) mass is 520 g/mol. The van der Waals surface area contributed by atoms with Crippen molar-refractivity contribution in [3.63, 3.8) is 0 Å². The molecule has 0 atom stereocenters. The molecule has 1 saturated heterocycles. The molecule has 2 heterocycles. The minimum Gasteiger partial charge on any atom is -0.490 e. The van der Waals surface area contributed by atoms with Crippen LogP contribution in [0.15, 0.2) is 60.1 Å². The molecule has 1 fully saturated rings. The van der Waals surface area contributed by atoms with Crippen LogP contribution in [0.2, 0.25) is 0 Å². The Bertz CT molecular complexity index is 1180. The maximum Gasteiger partial charge on any atom is 0.573 e. The molecule has 0 unspecified atom stereocenters. The summed E-state index contributed by atoms with van der Waals surface area (Å²) < 4.78 is 47.0. The fraction of sp³-hybridized carbons (Fsp3) is 0.292. The van der Waals surface area contributed by atoms with Crippen molar-refractivity contribution in [2.45, 2.75) is 31.9 Å². The topological polar surface area (TPSA) is 92.8 Å². The van der Waals surface area contributed by atoms with Crippen molar-refractivity contribution in [1.29, 1.82) is 0 Å². The van der Waals surface area contributed by atoms with Crippen molar-refractivity contribution >= 4 is 29.0 Å². The molecule has 4 rings (SSSR count). The third kappa shape index (κ3) is 7.35. The van der Waals surface area contributed by atoms with Crippen molar-refractivity contribution < 1.29 is 32.2 Å². The highest BCUT2D eigenvalue weighted by Crippen LogP contribution is 2.28. The highest BCUT2D eigenvalue weighted by atomic mass is 32.1. The first kappa shape index (κ1) is 25.3. The maximum atomic E-state index is 12.7. The van der Waals surface area contributed by atoms with Gasteiger partial charge in [-0.15, -0.1) is 24.5 Å². The molecule has 2 aromatic carbocycles. The van der Waals surface area contributed by atoms with E-state index in [2.05, 4.69) is 20.4 Å². The van der Waals surface area contributed by atoms with Crippen LogP contribution in [0.5, 0.6) is 11.5 Å². The van der Waals surface area contributed by atoms with Crippen LogP contribution in [0.4, 0.5) is 23.7 Å². The summed E-state index contributed by atoms with van der Waals surface area (Å²) in [5.41, 5.74) is 0.898. The van der Waals surface area contributed by atoms with E-state index in [1.165, 1.54) is 29.5 Å². The van der Waals surface area contributed by atoms with Crippen LogP contribution in [0.1, 0.15) is 28.2 Å². The van der Waals surface area contributed by atoms with E-state index in [0.717, 1.165) is 5.01 Å². The number of thiazole rings is 1. The van der Waals surface area contributed by atoms with E-state index < -0.39 is 6.36 Å². The normalized spacial score (nSPS) is 14.2. The average Bonchev–Trinajstić information content (AvgIpc) is 3.36. The van der Waals surface area contributed by atoms with Crippen LogP contribution in [0, 0.1) is 0 Å². The van der Waals surface area contributed by atoms with Gasteiger partial charge in [-0.2, -0.15) is 0 Å². The third-order valence-electron chi connectivity index (χ3n) is 5.33. The molecule has 0 bridgehead atoms. The number of carbonyl (C=O) groups excluding carboxylic acids is 2. The van der Waals surface area contributed by atoms with Crippen LogP contribution in [0.3, 0.4) is 0 Å². The van der Waals surface area contributed by atoms with Crippen LogP contribution < -0.4 is 20.1 Å². The van der Waals surface area contributed by atoms with Crippen molar-refractivity contribution in [3.05, 3.63) is 70.7 Å². The summed E-state index contributed by atoms with van der Waals surface area (Å²) in [6, 6.07) is 11.7. The van der Waals surface area contributed by atoms with Gasteiger partial charge in [-0.05, 0) is 30.3 Å². The number of piperidine rings is 1. The van der Waals surface area contributed by atoms with Gasteiger partial charge in [0.2, 0.25) is 0 Å². The van der Waals surface area contributed by atoms with Gasteiger partial charge in [0.05, 0.1) is 6.54 Å². The first-order valence-corrected chi connectivity index (χ1v) is 12.0. The summed E-state index contributed by atoms with van der Waals surface area (Å²) in [7, 11) is 0. The fourth-order valence-corrected chi connectivity index (χ4v) is 4.21. The number of hydrogen-bond donors (Lipinski definition) is 2. The number of benzene rings is 2. The van der Waals surface area contributed by atoms with Crippen molar-refractivity contribution in [3.8, 4) is 11.5 Å². The summed E-state index contributed by atoms with van der Waals surface area (Å²) in [6.07, 6.45) is -2.33. The molecule has 8 nitrogen and oxygen atoms in total. The molecule has 0 radical (unpaired) electrons. The zero-order valence-corrected chi connectivity index (χ0v) is 19.8. The average molecular weight is 521 g/mol. The van der Waals surface area contributed by atoms with E-state index in [-0.39, 0.29) is 29.5 Å². The number of nitrogens with one attached hydrogen (secondary N) is 2. The molecule has 2 N–H and O–H groups in total. The van der Waals surface area contributed by atoms with Gasteiger partial charge in [0.25, 0.3) is 5.91 Å². The summed E-state index contributed by atoms with van der Waals surface area (Å²) in [5.74, 6) is -0.357. The Kier molecular flexibility index (Phi) is 7.93. The Hall–Kier alpha value is -3.80. The number of urea groups is 1. The number of alkyl halides is 3. The number of likely N-dealkylation sites (tertiary alicyclic amines) is 1. The lowest BCUT2D eigenvalue weighted by molar-refractivity contribution is -0.274. The molecule has 1 aromatic heterocycles. The summed E-state index contributed by atoms with van der Waals surface area (Å²) >= 11 is 1.45. The quantitative estimate of drug-likeness (QED) is 0.455. The molecule has 1 aliphatic rings. The van der Waals surface area contributed by atoms with Gasteiger partial charge < -0.3 is 25.0 Å². The lowest BCUT2D eigenvalue weighted by Gasteiger charge is -2.32. The molecule has 36 heavy (non-hydrogen) atoms. The van der Waals surface area contributed by atoms with Crippen LogP contribution in [0.25, 0.3) is 0 Å². The fourth-order valence-electron chi connectivity index (χ4n) is 3.65. The number of nitrogens with zero attached hydrogens (tertiary/aromatic N) is 2. The van der Waals surface area contributed by atoms with Gasteiger partial charge >= 0.3 is 12.4 Å². The number of anilines is 1. The molecule has 1 aliphatic heterocycles. The second-order valence-corrected chi connectivity index (χ2v) is 8.93. The molecule has 0 spiro atoms. The Morgan fingerprint density at radius 3 is 2.56 bits per heavy atom. The molecule has 12 heteroatoms. The number of rotatable bonds is 7. The lowest BCUT2D eigenvalue weighted by Crippen LogP contribution is -2.43. The highest BCUT2D eigenvalue weighted by Gasteiger charge is 2.31. The largest absolute Gasteiger partial charge is 0.573 e. The SMILES string of the molecule is O=C(NCc1nccs1)c1cccc(NC(=O)N2CCC(Oc3cccc(OC(F)(F)F)c3)CC2)c1. The van der Waals surface area contributed by atoms with E-state index in [1.807, 2.05) is 5.38 Å². The van der Waals surface area contributed by atoms with Gasteiger partial charge in [0.1, 0.15) is 22.6 Å². The number of carbonyl (C=O) groups is 2. The number of amides is 3. The second kappa shape index (κ2) is 11.3. The van der Waals surface area contributed by atoms with Gasteiger partial charge in [-0.3, -0.25) is 4.79 Å². The predicted octanol–water partition coefficient (Wildman–Crippen LogP) is 5.05. The van der Waals surface area contributed by atoms with E-state index >= 15 is 0 Å². The second-order valence-electron chi connectivity index (χ2n) is 7.95. The zero-order valence-electron chi connectivity index (χ0n) is 19.0. The van der Waals surface area contributed by atoms with Gasteiger partial charge in [-0.25, -0.2) is 9.78 Å². The smallest absolute Gasteiger partial charge is 0.490 e. The van der Waals surface area contributed by atoms with E-state index in [1.54, 1.807) is 41.4 Å². The number of halogens is 3. The van der Waals surface area contributed by atoms with Gasteiger partial charge in [0, 0.05) is 54.8 Å². The predicted molar refractivity (Wildman–Crippen MR) is 127 cm³/mol. The number of hydrogen-bond acceptors (Lipinski definition) is 6.